The molecule has 128 valence electrons. The quantitative estimate of drug-likeness (QED) is 0.768. The number of nitrogens with one attached hydrogen (secondary N) is 2. The van der Waals surface area contributed by atoms with E-state index >= 15 is 0 Å². The molecule has 0 atom stereocenters. The number of unbranched alkanes of at least 4 members (excludes halogenated alkanes) is 1. The molecule has 0 radical (unpaired) electrons. The summed E-state index contributed by atoms with van der Waals surface area (Å²) in [6.07, 6.45) is 3.91. The van der Waals surface area contributed by atoms with Crippen LogP contribution in [0.25, 0.3) is 0 Å². The van der Waals surface area contributed by atoms with Crippen LogP contribution in [0.15, 0.2) is 48.7 Å². The van der Waals surface area contributed by atoms with E-state index in [0.717, 1.165) is 52.1 Å². The van der Waals surface area contributed by atoms with E-state index in [1.807, 2.05) is 6.07 Å². The molecule has 1 aliphatic rings. The summed E-state index contributed by atoms with van der Waals surface area (Å²) >= 11 is 0. The fourth-order valence-electron chi connectivity index (χ4n) is 3.10. The lowest BCUT2D eigenvalue weighted by Gasteiger charge is -2.36. The van der Waals surface area contributed by atoms with Crippen molar-refractivity contribution in [3.63, 3.8) is 0 Å². The number of H-pyrrole nitrogens is 1. The zero-order valence-electron chi connectivity index (χ0n) is 14.1. The summed E-state index contributed by atoms with van der Waals surface area (Å²) in [6, 6.07) is 14.3. The number of hydrogen-bond donors (Lipinski definition) is 2. The molecule has 1 saturated heterocycles. The highest BCUT2D eigenvalue weighted by molar-refractivity contribution is 5.92. The first-order chi connectivity index (χ1) is 11.8. The Morgan fingerprint density at radius 2 is 1.79 bits per heavy atom. The number of aromatic amines is 1. The van der Waals surface area contributed by atoms with Crippen molar-refractivity contribution in [2.75, 3.05) is 44.2 Å². The van der Waals surface area contributed by atoms with Crippen LogP contribution >= 0.6 is 0 Å². The molecule has 1 aliphatic heterocycles. The number of carbonyl (C=O) groups is 1. The van der Waals surface area contributed by atoms with Gasteiger partial charge in [-0.3, -0.25) is 9.69 Å². The molecule has 0 unspecified atom stereocenters. The smallest absolute Gasteiger partial charge is 0.267 e. The number of hydrogen-bond acceptors (Lipinski definition) is 3. The Labute approximate surface area is 143 Å². The summed E-state index contributed by atoms with van der Waals surface area (Å²) in [5, 5.41) is 2.95. The number of benzene rings is 1. The third-order valence-corrected chi connectivity index (χ3v) is 4.52. The van der Waals surface area contributed by atoms with Crippen molar-refractivity contribution in [1.82, 2.24) is 15.2 Å². The van der Waals surface area contributed by atoms with Crippen LogP contribution in [-0.4, -0.2) is 55.1 Å². The van der Waals surface area contributed by atoms with Crippen molar-refractivity contribution in [2.45, 2.75) is 12.8 Å². The van der Waals surface area contributed by atoms with Gasteiger partial charge < -0.3 is 15.2 Å². The van der Waals surface area contributed by atoms with Crippen LogP contribution in [0.5, 0.6) is 0 Å². The average molecular weight is 326 g/mol. The Kier molecular flexibility index (Phi) is 5.90. The number of piperazine rings is 1. The highest BCUT2D eigenvalue weighted by Gasteiger charge is 2.16. The van der Waals surface area contributed by atoms with Gasteiger partial charge in [0.2, 0.25) is 0 Å². The van der Waals surface area contributed by atoms with Gasteiger partial charge in [-0.25, -0.2) is 0 Å². The van der Waals surface area contributed by atoms with E-state index in [1.165, 1.54) is 5.69 Å². The third-order valence-electron chi connectivity index (χ3n) is 4.52. The van der Waals surface area contributed by atoms with Gasteiger partial charge in [-0.2, -0.15) is 0 Å². The molecule has 2 heterocycles. The van der Waals surface area contributed by atoms with E-state index in [2.05, 4.69) is 50.4 Å². The SMILES string of the molecule is O=C(NCCCCN1CCN(c2ccccc2)CC1)c1ccc[nH]1. The van der Waals surface area contributed by atoms with E-state index in [-0.39, 0.29) is 5.91 Å². The molecule has 3 rings (SSSR count). The Morgan fingerprint density at radius 3 is 2.50 bits per heavy atom. The summed E-state index contributed by atoms with van der Waals surface area (Å²) in [4.78, 5) is 19.7. The van der Waals surface area contributed by atoms with Gasteiger partial charge in [0.05, 0.1) is 0 Å². The summed E-state index contributed by atoms with van der Waals surface area (Å²) in [5.41, 5.74) is 1.95. The van der Waals surface area contributed by atoms with Gasteiger partial charge in [-0.15, -0.1) is 0 Å². The van der Waals surface area contributed by atoms with Gasteiger partial charge in [0.1, 0.15) is 5.69 Å². The average Bonchev–Trinajstić information content (AvgIpc) is 3.17. The fraction of sp³-hybridized carbons (Fsp3) is 0.421. The minimum Gasteiger partial charge on any atom is -0.369 e. The molecule has 0 spiro atoms. The molecule has 24 heavy (non-hydrogen) atoms. The van der Waals surface area contributed by atoms with Gasteiger partial charge in [-0.05, 0) is 43.7 Å². The molecule has 5 nitrogen and oxygen atoms in total. The van der Waals surface area contributed by atoms with E-state index in [0.29, 0.717) is 5.69 Å². The Hall–Kier alpha value is -2.27. The summed E-state index contributed by atoms with van der Waals surface area (Å²) in [5.74, 6) is -0.0172. The van der Waals surface area contributed by atoms with Crippen molar-refractivity contribution < 1.29 is 4.79 Å². The Balaban J connectivity index is 1.28. The Morgan fingerprint density at radius 1 is 1.00 bits per heavy atom. The van der Waals surface area contributed by atoms with E-state index in [1.54, 1.807) is 12.3 Å². The topological polar surface area (TPSA) is 51.4 Å². The zero-order valence-corrected chi connectivity index (χ0v) is 14.1. The molecule has 2 N–H and O–H groups in total. The van der Waals surface area contributed by atoms with Gasteiger partial charge >= 0.3 is 0 Å². The van der Waals surface area contributed by atoms with Crippen molar-refractivity contribution >= 4 is 11.6 Å². The van der Waals surface area contributed by atoms with Crippen LogP contribution in [-0.2, 0) is 0 Å². The normalized spacial score (nSPS) is 15.4. The summed E-state index contributed by atoms with van der Waals surface area (Å²) in [7, 11) is 0. The van der Waals surface area contributed by atoms with Crippen molar-refractivity contribution in [1.29, 1.82) is 0 Å². The molecule has 0 bridgehead atoms. The predicted octanol–water partition coefficient (Wildman–Crippen LogP) is 2.35. The van der Waals surface area contributed by atoms with Gasteiger partial charge in [-0.1, -0.05) is 18.2 Å². The second-order valence-electron chi connectivity index (χ2n) is 6.21. The second-order valence-corrected chi connectivity index (χ2v) is 6.21. The monoisotopic (exact) mass is 326 g/mol. The van der Waals surface area contributed by atoms with Crippen LogP contribution in [0, 0.1) is 0 Å². The molecule has 0 aliphatic carbocycles. The Bertz CT molecular complexity index is 604. The second kappa shape index (κ2) is 8.55. The van der Waals surface area contributed by atoms with Crippen LogP contribution in [0.2, 0.25) is 0 Å². The molecule has 2 aromatic rings. The minimum atomic E-state index is -0.0172. The molecule has 5 heteroatoms. The number of nitrogens with zero attached hydrogens (tertiary/aromatic N) is 2. The van der Waals surface area contributed by atoms with E-state index in [4.69, 9.17) is 0 Å². The van der Waals surface area contributed by atoms with Gasteiger partial charge in [0.25, 0.3) is 5.91 Å². The zero-order chi connectivity index (χ0) is 16.6. The summed E-state index contributed by atoms with van der Waals surface area (Å²) < 4.78 is 0. The lowest BCUT2D eigenvalue weighted by molar-refractivity contribution is 0.0948. The molecule has 1 amide bonds. The maximum Gasteiger partial charge on any atom is 0.267 e. The maximum absolute atomic E-state index is 11.8. The first-order valence-corrected chi connectivity index (χ1v) is 8.77. The number of rotatable bonds is 7. The van der Waals surface area contributed by atoms with Gasteiger partial charge in [0.15, 0.2) is 0 Å². The predicted molar refractivity (Wildman–Crippen MR) is 97.5 cm³/mol. The number of carbonyl (C=O) groups excluding carboxylic acids is 1. The third kappa shape index (κ3) is 4.61. The minimum absolute atomic E-state index is 0.0172. The van der Waals surface area contributed by atoms with Crippen molar-refractivity contribution in [3.8, 4) is 0 Å². The molecule has 1 fully saturated rings. The number of para-hydroxylation sites is 1. The maximum atomic E-state index is 11.8. The summed E-state index contributed by atoms with van der Waals surface area (Å²) in [6.45, 7) is 6.26. The number of anilines is 1. The highest BCUT2D eigenvalue weighted by Crippen LogP contribution is 2.15. The standard InChI is InChI=1S/C19H26N4O/c24-19(18-9-6-11-20-18)21-10-4-5-12-22-13-15-23(16-14-22)17-7-2-1-3-8-17/h1-3,6-9,11,20H,4-5,10,12-16H2,(H,21,24). The van der Waals surface area contributed by atoms with Crippen molar-refractivity contribution in [2.24, 2.45) is 0 Å². The highest BCUT2D eigenvalue weighted by atomic mass is 16.1. The van der Waals surface area contributed by atoms with E-state index < -0.39 is 0 Å². The van der Waals surface area contributed by atoms with Crippen LogP contribution in [0.4, 0.5) is 5.69 Å². The van der Waals surface area contributed by atoms with Crippen LogP contribution in [0.3, 0.4) is 0 Å². The van der Waals surface area contributed by atoms with Crippen LogP contribution < -0.4 is 10.2 Å². The molecular formula is C19H26N4O. The molecular weight excluding hydrogens is 300 g/mol. The number of aromatic nitrogens is 1. The fourth-order valence-corrected chi connectivity index (χ4v) is 3.10. The van der Waals surface area contributed by atoms with Crippen molar-refractivity contribution in [3.05, 3.63) is 54.4 Å². The first-order valence-electron chi connectivity index (χ1n) is 8.77. The lowest BCUT2D eigenvalue weighted by atomic mass is 10.2. The molecule has 1 aromatic carbocycles. The largest absolute Gasteiger partial charge is 0.369 e. The number of amides is 1. The molecule has 0 saturated carbocycles. The molecule has 1 aromatic heterocycles. The van der Waals surface area contributed by atoms with Gasteiger partial charge in [0, 0.05) is 44.6 Å². The van der Waals surface area contributed by atoms with E-state index in [9.17, 15) is 4.79 Å². The first kappa shape index (κ1) is 16.6. The lowest BCUT2D eigenvalue weighted by Crippen LogP contribution is -2.46. The van der Waals surface area contributed by atoms with Crippen LogP contribution in [0.1, 0.15) is 23.3 Å².